The summed E-state index contributed by atoms with van der Waals surface area (Å²) in [6.45, 7) is 12.5. The molecule has 3 heteroatoms. The number of nitrogens with zero attached hydrogens (tertiary/aromatic N) is 2. The zero-order valence-electron chi connectivity index (χ0n) is 11.2. The number of aliphatic hydroxyl groups excluding tert-OH is 1. The van der Waals surface area contributed by atoms with E-state index in [9.17, 15) is 5.11 Å². The number of rotatable bonds is 6. The molecule has 1 aliphatic rings. The van der Waals surface area contributed by atoms with Crippen LogP contribution in [0.2, 0.25) is 0 Å². The molecule has 1 fully saturated rings. The summed E-state index contributed by atoms with van der Waals surface area (Å²) in [5.74, 6) is 0. The second kappa shape index (κ2) is 7.25. The standard InChI is InChI=1S/C13H28N2O/c1-4-13(16)6-5-7-14-8-10-15(11-9-14)12(2)3/h12-13,16H,4-11H2,1-3H3. The Morgan fingerprint density at radius 1 is 1.12 bits per heavy atom. The molecule has 1 saturated heterocycles. The first-order valence-corrected chi connectivity index (χ1v) is 6.78. The summed E-state index contributed by atoms with van der Waals surface area (Å²) in [5, 5.41) is 9.48. The molecule has 1 unspecified atom stereocenters. The van der Waals surface area contributed by atoms with Crippen molar-refractivity contribution < 1.29 is 5.11 Å². The van der Waals surface area contributed by atoms with Gasteiger partial charge in [0.2, 0.25) is 0 Å². The van der Waals surface area contributed by atoms with Crippen molar-refractivity contribution >= 4 is 0 Å². The molecule has 3 nitrogen and oxygen atoms in total. The molecule has 0 aliphatic carbocycles. The largest absolute Gasteiger partial charge is 0.393 e. The smallest absolute Gasteiger partial charge is 0.0538 e. The third-order valence-corrected chi connectivity index (χ3v) is 3.62. The zero-order chi connectivity index (χ0) is 12.0. The van der Waals surface area contributed by atoms with Crippen molar-refractivity contribution in [2.45, 2.75) is 52.2 Å². The molecule has 0 spiro atoms. The number of hydrogen-bond donors (Lipinski definition) is 1. The second-order valence-electron chi connectivity index (χ2n) is 5.18. The molecule has 0 aromatic carbocycles. The summed E-state index contributed by atoms with van der Waals surface area (Å²) >= 11 is 0. The van der Waals surface area contributed by atoms with Crippen LogP contribution < -0.4 is 0 Å². The first kappa shape index (κ1) is 13.9. The average molecular weight is 228 g/mol. The van der Waals surface area contributed by atoms with Gasteiger partial charge in [0.15, 0.2) is 0 Å². The van der Waals surface area contributed by atoms with Crippen molar-refractivity contribution in [3.63, 3.8) is 0 Å². The fourth-order valence-electron chi connectivity index (χ4n) is 2.26. The Morgan fingerprint density at radius 3 is 2.25 bits per heavy atom. The van der Waals surface area contributed by atoms with E-state index < -0.39 is 0 Å². The third kappa shape index (κ3) is 4.81. The van der Waals surface area contributed by atoms with Gasteiger partial charge < -0.3 is 10.0 Å². The van der Waals surface area contributed by atoms with Gasteiger partial charge in [-0.05, 0) is 39.7 Å². The maximum atomic E-state index is 9.48. The quantitative estimate of drug-likeness (QED) is 0.747. The molecule has 1 aliphatic heterocycles. The van der Waals surface area contributed by atoms with Gasteiger partial charge in [-0.15, -0.1) is 0 Å². The van der Waals surface area contributed by atoms with Crippen LogP contribution in [0.4, 0.5) is 0 Å². The molecular weight excluding hydrogens is 200 g/mol. The van der Waals surface area contributed by atoms with Crippen LogP contribution >= 0.6 is 0 Å². The van der Waals surface area contributed by atoms with Gasteiger partial charge in [0.25, 0.3) is 0 Å². The minimum atomic E-state index is -0.0862. The Morgan fingerprint density at radius 2 is 1.75 bits per heavy atom. The highest BCUT2D eigenvalue weighted by Gasteiger charge is 2.18. The van der Waals surface area contributed by atoms with E-state index in [2.05, 4.69) is 23.6 Å². The van der Waals surface area contributed by atoms with Crippen LogP contribution in [0.5, 0.6) is 0 Å². The van der Waals surface area contributed by atoms with Gasteiger partial charge in [-0.1, -0.05) is 6.92 Å². The van der Waals surface area contributed by atoms with Gasteiger partial charge in [0.1, 0.15) is 0 Å². The lowest BCUT2D eigenvalue weighted by atomic mass is 10.1. The lowest BCUT2D eigenvalue weighted by Gasteiger charge is -2.37. The van der Waals surface area contributed by atoms with E-state index in [1.807, 2.05) is 6.92 Å². The molecule has 0 amide bonds. The van der Waals surface area contributed by atoms with Crippen LogP contribution in [-0.4, -0.2) is 59.8 Å². The van der Waals surface area contributed by atoms with Crippen LogP contribution in [0.25, 0.3) is 0 Å². The third-order valence-electron chi connectivity index (χ3n) is 3.62. The first-order valence-electron chi connectivity index (χ1n) is 6.78. The van der Waals surface area contributed by atoms with Gasteiger partial charge in [0.05, 0.1) is 6.10 Å². The second-order valence-corrected chi connectivity index (χ2v) is 5.18. The SMILES string of the molecule is CCC(O)CCCN1CCN(C(C)C)CC1. The molecule has 0 radical (unpaired) electrons. The predicted molar refractivity (Wildman–Crippen MR) is 68.7 cm³/mol. The van der Waals surface area contributed by atoms with Crippen molar-refractivity contribution in [1.82, 2.24) is 9.80 Å². The predicted octanol–water partition coefficient (Wildman–Crippen LogP) is 1.56. The van der Waals surface area contributed by atoms with Gasteiger partial charge in [-0.2, -0.15) is 0 Å². The topological polar surface area (TPSA) is 26.7 Å². The molecule has 96 valence electrons. The fraction of sp³-hybridized carbons (Fsp3) is 1.00. The van der Waals surface area contributed by atoms with Crippen LogP contribution in [0.3, 0.4) is 0 Å². The van der Waals surface area contributed by atoms with Crippen molar-refractivity contribution in [3.05, 3.63) is 0 Å². The molecule has 1 N–H and O–H groups in total. The number of piperazine rings is 1. The Hall–Kier alpha value is -0.120. The molecule has 1 atom stereocenters. The number of aliphatic hydroxyl groups is 1. The summed E-state index contributed by atoms with van der Waals surface area (Å²) in [6, 6.07) is 0.684. The van der Waals surface area contributed by atoms with Crippen molar-refractivity contribution in [2.24, 2.45) is 0 Å². The van der Waals surface area contributed by atoms with E-state index in [0.29, 0.717) is 6.04 Å². The maximum Gasteiger partial charge on any atom is 0.0538 e. The zero-order valence-corrected chi connectivity index (χ0v) is 11.2. The van der Waals surface area contributed by atoms with Crippen LogP contribution in [0, 0.1) is 0 Å². The van der Waals surface area contributed by atoms with Crippen molar-refractivity contribution in [1.29, 1.82) is 0 Å². The summed E-state index contributed by atoms with van der Waals surface area (Å²) in [4.78, 5) is 5.07. The van der Waals surface area contributed by atoms with Gasteiger partial charge in [0, 0.05) is 32.2 Å². The summed E-state index contributed by atoms with van der Waals surface area (Å²) in [7, 11) is 0. The van der Waals surface area contributed by atoms with Crippen LogP contribution in [0.1, 0.15) is 40.0 Å². The van der Waals surface area contributed by atoms with Crippen LogP contribution in [0.15, 0.2) is 0 Å². The monoisotopic (exact) mass is 228 g/mol. The van der Waals surface area contributed by atoms with E-state index in [0.717, 1.165) is 25.8 Å². The minimum Gasteiger partial charge on any atom is -0.393 e. The molecule has 0 saturated carbocycles. The highest BCUT2D eigenvalue weighted by Crippen LogP contribution is 2.08. The molecule has 1 rings (SSSR count). The summed E-state index contributed by atoms with van der Waals surface area (Å²) in [5.41, 5.74) is 0. The highest BCUT2D eigenvalue weighted by molar-refractivity contribution is 4.74. The molecule has 0 aromatic rings. The Labute approximate surface area is 100 Å². The number of hydrogen-bond acceptors (Lipinski definition) is 3. The van der Waals surface area contributed by atoms with Crippen molar-refractivity contribution in [2.75, 3.05) is 32.7 Å². The molecule has 16 heavy (non-hydrogen) atoms. The maximum absolute atomic E-state index is 9.48. The highest BCUT2D eigenvalue weighted by atomic mass is 16.3. The van der Waals surface area contributed by atoms with Crippen molar-refractivity contribution in [3.8, 4) is 0 Å². The average Bonchev–Trinajstić information content (AvgIpc) is 2.29. The van der Waals surface area contributed by atoms with Gasteiger partial charge in [-0.25, -0.2) is 0 Å². The van der Waals surface area contributed by atoms with Crippen LogP contribution in [-0.2, 0) is 0 Å². The van der Waals surface area contributed by atoms with E-state index >= 15 is 0 Å². The minimum absolute atomic E-state index is 0.0862. The summed E-state index contributed by atoms with van der Waals surface area (Å²) in [6.07, 6.45) is 2.90. The Bertz CT molecular complexity index is 177. The van der Waals surface area contributed by atoms with Gasteiger partial charge in [-0.3, -0.25) is 4.90 Å². The van der Waals surface area contributed by atoms with E-state index in [-0.39, 0.29) is 6.10 Å². The first-order chi connectivity index (χ1) is 7.63. The van der Waals surface area contributed by atoms with E-state index in [4.69, 9.17) is 0 Å². The van der Waals surface area contributed by atoms with Gasteiger partial charge >= 0.3 is 0 Å². The molecule has 0 bridgehead atoms. The lowest BCUT2D eigenvalue weighted by molar-refractivity contribution is 0.0997. The van der Waals surface area contributed by atoms with E-state index in [1.165, 1.54) is 26.2 Å². The molecule has 0 aromatic heterocycles. The van der Waals surface area contributed by atoms with E-state index in [1.54, 1.807) is 0 Å². The fourth-order valence-corrected chi connectivity index (χ4v) is 2.26. The summed E-state index contributed by atoms with van der Waals surface area (Å²) < 4.78 is 0. The Kier molecular flexibility index (Phi) is 6.32. The molecular formula is C13H28N2O. The Balaban J connectivity index is 2.08. The molecule has 1 heterocycles. The normalized spacial score (nSPS) is 21.6. The lowest BCUT2D eigenvalue weighted by Crippen LogP contribution is -2.48.